The zero-order valence-electron chi connectivity index (χ0n) is 12.9. The number of hydroxylamine groups is 1. The lowest BCUT2D eigenvalue weighted by atomic mass is 9.82. The van der Waals surface area contributed by atoms with Crippen LogP contribution < -0.4 is 0 Å². The van der Waals surface area contributed by atoms with Crippen LogP contribution in [0.3, 0.4) is 0 Å². The summed E-state index contributed by atoms with van der Waals surface area (Å²) in [6.45, 7) is 4.59. The van der Waals surface area contributed by atoms with E-state index in [9.17, 15) is 0 Å². The van der Waals surface area contributed by atoms with Crippen molar-refractivity contribution in [3.8, 4) is 0 Å². The molecule has 0 N–H and O–H groups in total. The average Bonchev–Trinajstić information content (AvgIpc) is 2.52. The number of hydrogen-bond acceptors (Lipinski definition) is 3. The van der Waals surface area contributed by atoms with E-state index in [0.717, 1.165) is 17.9 Å². The molecule has 2 unspecified atom stereocenters. The van der Waals surface area contributed by atoms with Crippen LogP contribution >= 0.6 is 11.9 Å². The first kappa shape index (κ1) is 14.7. The molecular weight excluding hydrogens is 280 g/mol. The second-order valence-corrected chi connectivity index (χ2v) is 6.78. The largest absolute Gasteiger partial charge is 0.264 e. The van der Waals surface area contributed by atoms with Gasteiger partial charge in [-0.2, -0.15) is 4.47 Å². The predicted octanol–water partition coefficient (Wildman–Crippen LogP) is 4.95. The number of benzene rings is 1. The van der Waals surface area contributed by atoms with Gasteiger partial charge in [-0.1, -0.05) is 30.7 Å². The summed E-state index contributed by atoms with van der Waals surface area (Å²) in [5.41, 5.74) is 2.51. The molecule has 2 atom stereocenters. The molecule has 1 saturated heterocycles. The van der Waals surface area contributed by atoms with Crippen molar-refractivity contribution in [1.82, 2.24) is 4.47 Å². The molecule has 2 aliphatic rings. The summed E-state index contributed by atoms with van der Waals surface area (Å²) in [6.07, 6.45) is 3.51. The summed E-state index contributed by atoms with van der Waals surface area (Å²) in [4.78, 5) is 11.8. The molecule has 3 rings (SSSR count). The van der Waals surface area contributed by atoms with E-state index in [-0.39, 0.29) is 0 Å². The molecule has 1 aliphatic carbocycles. The van der Waals surface area contributed by atoms with Crippen LogP contribution in [0.15, 0.2) is 45.8 Å². The van der Waals surface area contributed by atoms with Gasteiger partial charge in [0, 0.05) is 23.3 Å². The van der Waals surface area contributed by atoms with Gasteiger partial charge in [0.2, 0.25) is 0 Å². The molecule has 1 fully saturated rings. The first-order valence-corrected chi connectivity index (χ1v) is 8.32. The van der Waals surface area contributed by atoms with Crippen LogP contribution in [0, 0.1) is 11.8 Å². The van der Waals surface area contributed by atoms with Crippen LogP contribution in [0.5, 0.6) is 0 Å². The predicted molar refractivity (Wildman–Crippen MR) is 89.2 cm³/mol. The lowest BCUT2D eigenvalue weighted by Gasteiger charge is -2.38. The molecule has 1 aliphatic heterocycles. The molecule has 0 saturated carbocycles. The lowest BCUT2D eigenvalue weighted by Crippen LogP contribution is -2.33. The van der Waals surface area contributed by atoms with Crippen molar-refractivity contribution in [3.05, 3.63) is 40.8 Å². The van der Waals surface area contributed by atoms with Gasteiger partial charge in [0.05, 0.1) is 12.8 Å². The summed E-state index contributed by atoms with van der Waals surface area (Å²) in [7, 11) is 1.72. The molecule has 0 bridgehead atoms. The number of aliphatic imine (C=N–C) groups is 1. The number of allylic oxidation sites excluding steroid dienone is 2. The topological polar surface area (TPSA) is 24.8 Å². The maximum atomic E-state index is 5.54. The second kappa shape index (κ2) is 6.24. The molecule has 112 valence electrons. The third-order valence-corrected chi connectivity index (χ3v) is 5.83. The number of amidine groups is 1. The van der Waals surface area contributed by atoms with Crippen LogP contribution in [0.1, 0.15) is 33.1 Å². The zero-order chi connectivity index (χ0) is 14.8. The molecule has 0 amide bonds. The zero-order valence-corrected chi connectivity index (χ0v) is 13.7. The van der Waals surface area contributed by atoms with Gasteiger partial charge in [-0.25, -0.2) is 4.99 Å². The van der Waals surface area contributed by atoms with Crippen molar-refractivity contribution >= 4 is 23.5 Å². The smallest absolute Gasteiger partial charge is 0.143 e. The van der Waals surface area contributed by atoms with Crippen molar-refractivity contribution in [1.29, 1.82) is 0 Å². The normalized spacial score (nSPS) is 28.0. The third kappa shape index (κ3) is 3.01. The minimum atomic E-state index is 0.611. The van der Waals surface area contributed by atoms with E-state index in [0.29, 0.717) is 11.8 Å². The van der Waals surface area contributed by atoms with Crippen molar-refractivity contribution in [2.45, 2.75) is 33.1 Å². The van der Waals surface area contributed by atoms with Gasteiger partial charge in [-0.05, 0) is 43.7 Å². The Morgan fingerprint density at radius 3 is 2.71 bits per heavy atom. The van der Waals surface area contributed by atoms with Gasteiger partial charge >= 0.3 is 0 Å². The van der Waals surface area contributed by atoms with Crippen LogP contribution in [0.2, 0.25) is 0 Å². The summed E-state index contributed by atoms with van der Waals surface area (Å²) in [6, 6.07) is 10.1. The Balaban J connectivity index is 1.90. The fraction of sp³-hybridized carbons (Fsp3) is 0.471. The number of fused-ring (bicyclic) bond motifs is 1. The molecule has 3 nitrogen and oxygen atoms in total. The summed E-state index contributed by atoms with van der Waals surface area (Å²) >= 11 is 1.71. The summed E-state index contributed by atoms with van der Waals surface area (Å²) in [5, 5.41) is 0. The van der Waals surface area contributed by atoms with Crippen LogP contribution in [0.4, 0.5) is 5.69 Å². The minimum Gasteiger partial charge on any atom is -0.264 e. The van der Waals surface area contributed by atoms with Crippen molar-refractivity contribution in [3.63, 3.8) is 0 Å². The highest BCUT2D eigenvalue weighted by atomic mass is 32.2. The number of nitrogens with zero attached hydrogens (tertiary/aromatic N) is 2. The number of hydrogen-bond donors (Lipinski definition) is 0. The first-order valence-electron chi connectivity index (χ1n) is 7.54. The molecule has 0 radical (unpaired) electrons. The SMILES string of the molecule is CON1SC2=C(C)C(C)CCC2CC1=Nc1ccccc1. The molecule has 0 aromatic heterocycles. The summed E-state index contributed by atoms with van der Waals surface area (Å²) in [5.74, 6) is 2.32. The fourth-order valence-corrected chi connectivity index (χ4v) is 4.19. The van der Waals surface area contributed by atoms with Gasteiger partial charge < -0.3 is 0 Å². The third-order valence-electron chi connectivity index (χ3n) is 4.45. The maximum absolute atomic E-state index is 5.54. The molecule has 0 spiro atoms. The minimum absolute atomic E-state index is 0.611. The van der Waals surface area contributed by atoms with E-state index >= 15 is 0 Å². The van der Waals surface area contributed by atoms with Crippen LogP contribution in [0.25, 0.3) is 0 Å². The average molecular weight is 302 g/mol. The Labute approximate surface area is 131 Å². The Hall–Kier alpha value is -1.26. The van der Waals surface area contributed by atoms with E-state index < -0.39 is 0 Å². The molecule has 21 heavy (non-hydrogen) atoms. The molecular formula is C17H22N2OS. The van der Waals surface area contributed by atoms with Crippen LogP contribution in [-0.4, -0.2) is 17.4 Å². The highest BCUT2D eigenvalue weighted by Crippen LogP contribution is 2.47. The van der Waals surface area contributed by atoms with Gasteiger partial charge in [-0.3, -0.25) is 4.84 Å². The van der Waals surface area contributed by atoms with Crippen molar-refractivity contribution in [2.24, 2.45) is 16.8 Å². The number of para-hydroxylation sites is 1. The molecule has 1 heterocycles. The van der Waals surface area contributed by atoms with Crippen molar-refractivity contribution < 1.29 is 4.84 Å². The Kier molecular flexibility index (Phi) is 4.36. The first-order chi connectivity index (χ1) is 10.2. The van der Waals surface area contributed by atoms with E-state index in [2.05, 4.69) is 13.8 Å². The van der Waals surface area contributed by atoms with E-state index in [1.165, 1.54) is 23.3 Å². The molecule has 4 heteroatoms. The number of rotatable bonds is 2. The van der Waals surface area contributed by atoms with Gasteiger partial charge in [0.25, 0.3) is 0 Å². The Morgan fingerprint density at radius 2 is 2.00 bits per heavy atom. The second-order valence-electron chi connectivity index (χ2n) is 5.82. The highest BCUT2D eigenvalue weighted by molar-refractivity contribution is 8.01. The van der Waals surface area contributed by atoms with Crippen LogP contribution in [-0.2, 0) is 4.84 Å². The highest BCUT2D eigenvalue weighted by Gasteiger charge is 2.34. The van der Waals surface area contributed by atoms with Gasteiger partial charge in [-0.15, -0.1) is 0 Å². The van der Waals surface area contributed by atoms with E-state index in [4.69, 9.17) is 9.83 Å². The Morgan fingerprint density at radius 1 is 1.24 bits per heavy atom. The standard InChI is InChI=1S/C17H22N2OS/c1-12-9-10-14-11-16(18-15-7-5-4-6-8-15)19(20-3)21-17(14)13(12)2/h4-8,12,14H,9-11H2,1-3H3. The quantitative estimate of drug-likeness (QED) is 0.722. The monoisotopic (exact) mass is 302 g/mol. The van der Waals surface area contributed by atoms with Gasteiger partial charge in [0.15, 0.2) is 0 Å². The van der Waals surface area contributed by atoms with Gasteiger partial charge in [0.1, 0.15) is 5.84 Å². The molecule has 1 aromatic carbocycles. The van der Waals surface area contributed by atoms with Crippen molar-refractivity contribution in [2.75, 3.05) is 7.11 Å². The summed E-state index contributed by atoms with van der Waals surface area (Å²) < 4.78 is 1.88. The molecule has 1 aromatic rings. The Bertz CT molecular complexity index is 567. The fourth-order valence-electron chi connectivity index (χ4n) is 3.02. The maximum Gasteiger partial charge on any atom is 0.143 e. The lowest BCUT2D eigenvalue weighted by molar-refractivity contribution is 0.0219. The van der Waals surface area contributed by atoms with E-state index in [1.54, 1.807) is 19.1 Å². The van der Waals surface area contributed by atoms with E-state index in [1.807, 2.05) is 34.8 Å².